The number of halogens is 1. The van der Waals surface area contributed by atoms with Gasteiger partial charge in [-0.15, -0.1) is 0 Å². The molecule has 5 heteroatoms. The Morgan fingerprint density at radius 2 is 2.33 bits per heavy atom. The molecule has 1 aromatic rings. The van der Waals surface area contributed by atoms with Crippen LogP contribution in [0.25, 0.3) is 0 Å². The SMILES string of the molecule is CC1CN(C(CN)c2occc2Br)CC(C)(C)O1. The van der Waals surface area contributed by atoms with Crippen LogP contribution in [0.2, 0.25) is 0 Å². The van der Waals surface area contributed by atoms with Gasteiger partial charge in [-0.2, -0.15) is 0 Å². The first kappa shape index (κ1) is 14.1. The molecule has 2 heterocycles. The first-order valence-corrected chi connectivity index (χ1v) is 7.07. The monoisotopic (exact) mass is 316 g/mol. The Morgan fingerprint density at radius 3 is 2.83 bits per heavy atom. The van der Waals surface area contributed by atoms with E-state index in [0.29, 0.717) is 6.54 Å². The number of morpholine rings is 1. The third-order valence-corrected chi connectivity index (χ3v) is 3.86. The van der Waals surface area contributed by atoms with Crippen LogP contribution in [-0.4, -0.2) is 36.2 Å². The fourth-order valence-electron chi connectivity index (χ4n) is 2.71. The van der Waals surface area contributed by atoms with Gasteiger partial charge in [0, 0.05) is 19.6 Å². The average Bonchev–Trinajstić information content (AvgIpc) is 2.63. The molecule has 1 fully saturated rings. The lowest BCUT2D eigenvalue weighted by atomic mass is 10.0. The van der Waals surface area contributed by atoms with Crippen molar-refractivity contribution in [3.05, 3.63) is 22.6 Å². The molecule has 2 rings (SSSR count). The zero-order valence-corrected chi connectivity index (χ0v) is 12.7. The highest BCUT2D eigenvalue weighted by Crippen LogP contribution is 2.32. The van der Waals surface area contributed by atoms with E-state index in [0.717, 1.165) is 23.3 Å². The third kappa shape index (κ3) is 2.96. The molecule has 2 atom stereocenters. The summed E-state index contributed by atoms with van der Waals surface area (Å²) in [4.78, 5) is 2.34. The quantitative estimate of drug-likeness (QED) is 0.931. The summed E-state index contributed by atoms with van der Waals surface area (Å²) in [7, 11) is 0. The van der Waals surface area contributed by atoms with Crippen LogP contribution in [0, 0.1) is 0 Å². The lowest BCUT2D eigenvalue weighted by Gasteiger charge is -2.44. The summed E-state index contributed by atoms with van der Waals surface area (Å²) >= 11 is 3.51. The second-order valence-corrected chi connectivity index (χ2v) is 6.36. The summed E-state index contributed by atoms with van der Waals surface area (Å²) in [5.41, 5.74) is 5.79. The van der Waals surface area contributed by atoms with Crippen LogP contribution >= 0.6 is 15.9 Å². The maximum atomic E-state index is 5.93. The van der Waals surface area contributed by atoms with Crippen LogP contribution in [0.1, 0.15) is 32.6 Å². The third-order valence-electron chi connectivity index (χ3n) is 3.21. The predicted octanol–water partition coefficient (Wildman–Crippen LogP) is 2.54. The van der Waals surface area contributed by atoms with Crippen LogP contribution in [0.3, 0.4) is 0 Å². The van der Waals surface area contributed by atoms with E-state index in [9.17, 15) is 0 Å². The van der Waals surface area contributed by atoms with Crippen molar-refractivity contribution in [2.45, 2.75) is 38.5 Å². The van der Waals surface area contributed by atoms with E-state index < -0.39 is 0 Å². The highest BCUT2D eigenvalue weighted by molar-refractivity contribution is 9.10. The second kappa shape index (κ2) is 5.33. The number of nitrogens with two attached hydrogens (primary N) is 1. The van der Waals surface area contributed by atoms with Crippen molar-refractivity contribution < 1.29 is 9.15 Å². The Kier molecular flexibility index (Phi) is 4.16. The molecule has 0 saturated carbocycles. The van der Waals surface area contributed by atoms with Crippen molar-refractivity contribution in [1.82, 2.24) is 4.90 Å². The van der Waals surface area contributed by atoms with Crippen LogP contribution in [0.15, 0.2) is 21.2 Å². The largest absolute Gasteiger partial charge is 0.466 e. The van der Waals surface area contributed by atoms with Crippen molar-refractivity contribution in [1.29, 1.82) is 0 Å². The number of hydrogen-bond donors (Lipinski definition) is 1. The zero-order chi connectivity index (χ0) is 13.3. The molecule has 0 bridgehead atoms. The second-order valence-electron chi connectivity index (χ2n) is 5.50. The number of ether oxygens (including phenoxy) is 1. The van der Waals surface area contributed by atoms with Gasteiger partial charge in [-0.3, -0.25) is 4.90 Å². The molecule has 2 unspecified atom stereocenters. The van der Waals surface area contributed by atoms with E-state index in [1.54, 1.807) is 6.26 Å². The molecule has 1 aromatic heterocycles. The van der Waals surface area contributed by atoms with Crippen molar-refractivity contribution >= 4 is 15.9 Å². The highest BCUT2D eigenvalue weighted by atomic mass is 79.9. The summed E-state index contributed by atoms with van der Waals surface area (Å²) in [5, 5.41) is 0. The van der Waals surface area contributed by atoms with Gasteiger partial charge in [-0.1, -0.05) is 0 Å². The fourth-order valence-corrected chi connectivity index (χ4v) is 3.17. The Hall–Kier alpha value is -0.360. The Labute approximate surface area is 117 Å². The summed E-state index contributed by atoms with van der Waals surface area (Å²) < 4.78 is 12.5. The van der Waals surface area contributed by atoms with E-state index in [-0.39, 0.29) is 17.7 Å². The fraction of sp³-hybridized carbons (Fsp3) is 0.692. The molecule has 0 spiro atoms. The molecular formula is C13H21BrN2O2. The van der Waals surface area contributed by atoms with Crippen LogP contribution < -0.4 is 5.73 Å². The van der Waals surface area contributed by atoms with Crippen LogP contribution in [0.4, 0.5) is 0 Å². The maximum Gasteiger partial charge on any atom is 0.136 e. The van der Waals surface area contributed by atoms with Gasteiger partial charge in [0.15, 0.2) is 0 Å². The van der Waals surface area contributed by atoms with Crippen molar-refractivity contribution in [2.75, 3.05) is 19.6 Å². The number of hydrogen-bond acceptors (Lipinski definition) is 4. The summed E-state index contributed by atoms with van der Waals surface area (Å²) in [6.07, 6.45) is 1.90. The normalized spacial score (nSPS) is 26.2. The summed E-state index contributed by atoms with van der Waals surface area (Å²) in [6, 6.07) is 2.01. The van der Waals surface area contributed by atoms with Crippen molar-refractivity contribution in [3.63, 3.8) is 0 Å². The molecule has 0 aliphatic carbocycles. The Bertz CT molecular complexity index is 405. The number of nitrogens with zero attached hydrogens (tertiary/aromatic N) is 1. The summed E-state index contributed by atoms with van der Waals surface area (Å²) in [6.45, 7) is 8.58. The van der Waals surface area contributed by atoms with Gasteiger partial charge in [0.05, 0.1) is 28.5 Å². The molecule has 1 aliphatic rings. The molecular weight excluding hydrogens is 296 g/mol. The van der Waals surface area contributed by atoms with Crippen molar-refractivity contribution in [2.24, 2.45) is 5.73 Å². The Morgan fingerprint density at radius 1 is 1.61 bits per heavy atom. The lowest BCUT2D eigenvalue weighted by Crippen LogP contribution is -2.53. The van der Waals surface area contributed by atoms with Gasteiger partial charge in [0.1, 0.15) is 5.76 Å². The lowest BCUT2D eigenvalue weighted by molar-refractivity contribution is -0.139. The molecule has 4 nitrogen and oxygen atoms in total. The predicted molar refractivity (Wildman–Crippen MR) is 74.4 cm³/mol. The van der Waals surface area contributed by atoms with Crippen molar-refractivity contribution in [3.8, 4) is 0 Å². The van der Waals surface area contributed by atoms with Gasteiger partial charge < -0.3 is 14.9 Å². The minimum absolute atomic E-state index is 0.0972. The smallest absolute Gasteiger partial charge is 0.136 e. The first-order valence-electron chi connectivity index (χ1n) is 6.28. The molecule has 18 heavy (non-hydrogen) atoms. The topological polar surface area (TPSA) is 51.6 Å². The molecule has 0 aromatic carbocycles. The van der Waals surface area contributed by atoms with Gasteiger partial charge in [-0.05, 0) is 42.8 Å². The minimum Gasteiger partial charge on any atom is -0.466 e. The van der Waals surface area contributed by atoms with E-state index in [4.69, 9.17) is 14.9 Å². The van der Waals surface area contributed by atoms with E-state index in [2.05, 4.69) is 41.6 Å². The molecule has 0 radical (unpaired) electrons. The minimum atomic E-state index is -0.149. The van der Waals surface area contributed by atoms with Gasteiger partial charge >= 0.3 is 0 Å². The number of furan rings is 1. The molecule has 0 amide bonds. The van der Waals surface area contributed by atoms with E-state index in [1.165, 1.54) is 0 Å². The van der Waals surface area contributed by atoms with Crippen LogP contribution in [0.5, 0.6) is 0 Å². The molecule has 1 saturated heterocycles. The first-order chi connectivity index (χ1) is 8.43. The van der Waals surface area contributed by atoms with Crippen LogP contribution in [-0.2, 0) is 4.74 Å². The van der Waals surface area contributed by atoms with E-state index >= 15 is 0 Å². The summed E-state index contributed by atoms with van der Waals surface area (Å²) in [5.74, 6) is 0.905. The highest BCUT2D eigenvalue weighted by Gasteiger charge is 2.36. The number of rotatable bonds is 3. The van der Waals surface area contributed by atoms with Gasteiger partial charge in [-0.25, -0.2) is 0 Å². The average molecular weight is 317 g/mol. The van der Waals surface area contributed by atoms with Gasteiger partial charge in [0.25, 0.3) is 0 Å². The van der Waals surface area contributed by atoms with Gasteiger partial charge in [0.2, 0.25) is 0 Å². The molecule has 102 valence electrons. The Balaban J connectivity index is 2.20. The standard InChI is InChI=1S/C13H21BrN2O2/c1-9-7-16(8-13(2,3)18-9)11(6-15)12-10(14)4-5-17-12/h4-5,9,11H,6-8,15H2,1-3H3. The molecule has 2 N–H and O–H groups in total. The maximum absolute atomic E-state index is 5.93. The molecule has 1 aliphatic heterocycles. The van der Waals surface area contributed by atoms with E-state index in [1.807, 2.05) is 6.07 Å². The zero-order valence-electron chi connectivity index (χ0n) is 11.1.